The fourth-order valence-corrected chi connectivity index (χ4v) is 2.13. The van der Waals surface area contributed by atoms with E-state index in [9.17, 15) is 4.79 Å². The maximum absolute atomic E-state index is 11.2. The summed E-state index contributed by atoms with van der Waals surface area (Å²) in [4.78, 5) is 23.4. The van der Waals surface area contributed by atoms with Gasteiger partial charge in [-0.15, -0.1) is 0 Å². The van der Waals surface area contributed by atoms with Gasteiger partial charge >= 0.3 is 0 Å². The van der Waals surface area contributed by atoms with E-state index in [0.29, 0.717) is 12.0 Å². The van der Waals surface area contributed by atoms with Crippen molar-refractivity contribution in [3.63, 3.8) is 0 Å². The van der Waals surface area contributed by atoms with Gasteiger partial charge in [0.05, 0.1) is 5.52 Å². The Balaban J connectivity index is 2.07. The summed E-state index contributed by atoms with van der Waals surface area (Å²) in [6.07, 6.45) is 8.31. The van der Waals surface area contributed by atoms with E-state index in [1.165, 1.54) is 6.33 Å². The molecule has 0 unspecified atom stereocenters. The summed E-state index contributed by atoms with van der Waals surface area (Å²) in [5.41, 5.74) is 3.43. The number of hydrogen-bond donors (Lipinski definition) is 0. The third-order valence-corrected chi connectivity index (χ3v) is 2.94. The van der Waals surface area contributed by atoms with Gasteiger partial charge in [-0.1, -0.05) is 6.07 Å². The lowest BCUT2D eigenvalue weighted by molar-refractivity contribution is 0.112. The molecule has 0 saturated carbocycles. The van der Waals surface area contributed by atoms with Crippen molar-refractivity contribution in [2.75, 3.05) is 0 Å². The third-order valence-electron chi connectivity index (χ3n) is 2.94. The van der Waals surface area contributed by atoms with Crippen LogP contribution in [0.1, 0.15) is 21.5 Å². The molecule has 0 N–H and O–H groups in total. The van der Waals surface area contributed by atoms with Crippen LogP contribution in [0.15, 0.2) is 49.2 Å². The molecule has 0 aliphatic rings. The van der Waals surface area contributed by atoms with Gasteiger partial charge in [0.25, 0.3) is 0 Å². The molecule has 0 fully saturated rings. The minimum Gasteiger partial charge on any atom is -0.298 e. The molecule has 0 atom stereocenters. The number of carbonyl (C=O) groups excluding carboxylic acids is 1. The summed E-state index contributed by atoms with van der Waals surface area (Å²) in [5, 5.41) is 0.971. The van der Waals surface area contributed by atoms with E-state index in [4.69, 9.17) is 0 Å². The predicted molar refractivity (Wildman–Crippen MR) is 72.0 cm³/mol. The lowest BCUT2D eigenvalue weighted by Crippen LogP contribution is -1.94. The van der Waals surface area contributed by atoms with E-state index in [0.717, 1.165) is 28.3 Å². The summed E-state index contributed by atoms with van der Waals surface area (Å²) in [5.74, 6) is 0. The molecule has 0 radical (unpaired) electrons. The van der Waals surface area contributed by atoms with E-state index in [1.54, 1.807) is 18.6 Å². The van der Waals surface area contributed by atoms with Gasteiger partial charge in [-0.2, -0.15) is 0 Å². The van der Waals surface area contributed by atoms with E-state index < -0.39 is 0 Å². The Morgan fingerprint density at radius 3 is 2.74 bits per heavy atom. The van der Waals surface area contributed by atoms with Crippen molar-refractivity contribution in [2.24, 2.45) is 0 Å². The Bertz CT molecular complexity index is 726. The molecule has 92 valence electrons. The monoisotopic (exact) mass is 249 g/mol. The highest BCUT2D eigenvalue weighted by molar-refractivity contribution is 5.96. The Kier molecular flexibility index (Phi) is 2.98. The van der Waals surface area contributed by atoms with Crippen molar-refractivity contribution in [3.05, 3.63) is 65.9 Å². The third kappa shape index (κ3) is 2.33. The summed E-state index contributed by atoms with van der Waals surface area (Å²) in [7, 11) is 0. The van der Waals surface area contributed by atoms with Gasteiger partial charge in [0, 0.05) is 36.0 Å². The number of fused-ring (bicyclic) bond motifs is 1. The van der Waals surface area contributed by atoms with Crippen molar-refractivity contribution in [1.29, 1.82) is 0 Å². The average Bonchev–Trinajstić information content (AvgIpc) is 2.47. The molecule has 2 aromatic heterocycles. The van der Waals surface area contributed by atoms with Crippen LogP contribution in [-0.4, -0.2) is 21.2 Å². The van der Waals surface area contributed by atoms with Gasteiger partial charge in [-0.25, -0.2) is 9.97 Å². The highest BCUT2D eigenvalue weighted by Gasteiger charge is 2.05. The maximum atomic E-state index is 11.2. The Labute approximate surface area is 110 Å². The second kappa shape index (κ2) is 4.94. The van der Waals surface area contributed by atoms with E-state index in [2.05, 4.69) is 15.0 Å². The highest BCUT2D eigenvalue weighted by Crippen LogP contribution is 2.19. The molecular weight excluding hydrogens is 238 g/mol. The molecule has 0 saturated heterocycles. The standard InChI is InChI=1S/C15H11N3O/c19-9-14-6-11(4-12-7-16-10-17-8-12)5-13-2-1-3-18-15(13)14/h1-3,5-10H,4H2. The first-order chi connectivity index (χ1) is 9.36. The highest BCUT2D eigenvalue weighted by atomic mass is 16.1. The molecule has 0 bridgehead atoms. The molecule has 0 aliphatic carbocycles. The van der Waals surface area contributed by atoms with E-state index in [1.807, 2.05) is 24.3 Å². The van der Waals surface area contributed by atoms with Gasteiger partial charge in [-0.05, 0) is 29.3 Å². The second-order valence-electron chi connectivity index (χ2n) is 4.30. The van der Waals surface area contributed by atoms with Crippen LogP contribution >= 0.6 is 0 Å². The van der Waals surface area contributed by atoms with Crippen LogP contribution in [0, 0.1) is 0 Å². The average molecular weight is 249 g/mol. The Morgan fingerprint density at radius 2 is 1.95 bits per heavy atom. The largest absolute Gasteiger partial charge is 0.298 e. The van der Waals surface area contributed by atoms with Crippen LogP contribution in [0.25, 0.3) is 10.9 Å². The van der Waals surface area contributed by atoms with Crippen molar-refractivity contribution in [3.8, 4) is 0 Å². The Hall–Kier alpha value is -2.62. The molecular formula is C15H11N3O. The number of benzene rings is 1. The molecule has 0 spiro atoms. The molecule has 3 rings (SSSR count). The first-order valence-corrected chi connectivity index (χ1v) is 5.93. The van der Waals surface area contributed by atoms with Gasteiger partial charge in [-0.3, -0.25) is 9.78 Å². The molecule has 0 amide bonds. The van der Waals surface area contributed by atoms with Crippen LogP contribution in [0.4, 0.5) is 0 Å². The number of nitrogens with zero attached hydrogens (tertiary/aromatic N) is 3. The summed E-state index contributed by atoms with van der Waals surface area (Å²) < 4.78 is 0. The molecule has 4 heteroatoms. The van der Waals surface area contributed by atoms with Crippen molar-refractivity contribution < 1.29 is 4.79 Å². The zero-order chi connectivity index (χ0) is 13.1. The second-order valence-corrected chi connectivity index (χ2v) is 4.30. The smallest absolute Gasteiger partial charge is 0.152 e. The van der Waals surface area contributed by atoms with Crippen molar-refractivity contribution in [1.82, 2.24) is 15.0 Å². The van der Waals surface area contributed by atoms with Crippen LogP contribution in [0.3, 0.4) is 0 Å². The number of aromatic nitrogens is 3. The number of carbonyl (C=O) groups is 1. The van der Waals surface area contributed by atoms with Gasteiger partial charge in [0.15, 0.2) is 6.29 Å². The molecule has 4 nitrogen and oxygen atoms in total. The minimum absolute atomic E-state index is 0.616. The van der Waals surface area contributed by atoms with Crippen LogP contribution in [-0.2, 0) is 6.42 Å². The normalized spacial score (nSPS) is 10.5. The van der Waals surface area contributed by atoms with Gasteiger partial charge < -0.3 is 0 Å². The fraction of sp³-hybridized carbons (Fsp3) is 0.0667. The SMILES string of the molecule is O=Cc1cc(Cc2cncnc2)cc2cccnc12. The summed E-state index contributed by atoms with van der Waals surface area (Å²) in [6.45, 7) is 0. The molecule has 2 heterocycles. The molecule has 1 aromatic carbocycles. The Morgan fingerprint density at radius 1 is 1.11 bits per heavy atom. The summed E-state index contributed by atoms with van der Waals surface area (Å²) >= 11 is 0. The first-order valence-electron chi connectivity index (χ1n) is 5.93. The van der Waals surface area contributed by atoms with Crippen LogP contribution in [0.2, 0.25) is 0 Å². The summed E-state index contributed by atoms with van der Waals surface area (Å²) in [6, 6.07) is 7.74. The van der Waals surface area contributed by atoms with Gasteiger partial charge in [0.1, 0.15) is 6.33 Å². The zero-order valence-corrected chi connectivity index (χ0v) is 10.2. The van der Waals surface area contributed by atoms with Crippen LogP contribution < -0.4 is 0 Å². The number of rotatable bonds is 3. The predicted octanol–water partition coefficient (Wildman–Crippen LogP) is 2.43. The zero-order valence-electron chi connectivity index (χ0n) is 10.2. The van der Waals surface area contributed by atoms with Crippen molar-refractivity contribution in [2.45, 2.75) is 6.42 Å². The lowest BCUT2D eigenvalue weighted by Gasteiger charge is -2.05. The fourth-order valence-electron chi connectivity index (χ4n) is 2.13. The minimum atomic E-state index is 0.616. The molecule has 0 aliphatic heterocycles. The van der Waals surface area contributed by atoms with E-state index >= 15 is 0 Å². The molecule has 3 aromatic rings. The van der Waals surface area contributed by atoms with E-state index in [-0.39, 0.29) is 0 Å². The first kappa shape index (κ1) is 11.5. The number of aldehydes is 1. The topological polar surface area (TPSA) is 55.7 Å². The molecule has 19 heavy (non-hydrogen) atoms. The van der Waals surface area contributed by atoms with Crippen LogP contribution in [0.5, 0.6) is 0 Å². The van der Waals surface area contributed by atoms with Gasteiger partial charge in [0.2, 0.25) is 0 Å². The quantitative estimate of drug-likeness (QED) is 0.669. The lowest BCUT2D eigenvalue weighted by atomic mass is 10.0. The van der Waals surface area contributed by atoms with Crippen molar-refractivity contribution >= 4 is 17.2 Å². The number of pyridine rings is 1. The number of hydrogen-bond acceptors (Lipinski definition) is 4. The maximum Gasteiger partial charge on any atom is 0.152 e.